The first kappa shape index (κ1) is 12.5. The van der Waals surface area contributed by atoms with Crippen molar-refractivity contribution in [1.29, 1.82) is 0 Å². The summed E-state index contributed by atoms with van der Waals surface area (Å²) in [6.07, 6.45) is 6.91. The highest BCUT2D eigenvalue weighted by molar-refractivity contribution is 9.09. The van der Waals surface area contributed by atoms with Crippen molar-refractivity contribution >= 4 is 15.9 Å². The van der Waals surface area contributed by atoms with Gasteiger partial charge >= 0.3 is 0 Å². The van der Waals surface area contributed by atoms with Crippen molar-refractivity contribution in [3.63, 3.8) is 0 Å². The molecule has 0 amide bonds. The van der Waals surface area contributed by atoms with E-state index in [1.165, 1.54) is 51.7 Å². The zero-order chi connectivity index (χ0) is 10.4. The topological polar surface area (TPSA) is 3.24 Å². The number of piperidine rings is 1. The average molecular weight is 262 g/mol. The Labute approximate surface area is 97.4 Å². The van der Waals surface area contributed by atoms with Crippen LogP contribution in [-0.4, -0.2) is 29.4 Å². The lowest BCUT2D eigenvalue weighted by Gasteiger charge is -2.33. The number of nitrogens with zero attached hydrogens (tertiary/aromatic N) is 1. The number of unbranched alkanes of at least 4 members (excludes halogenated alkanes) is 2. The Balaban J connectivity index is 2.09. The third-order valence-electron chi connectivity index (χ3n) is 3.36. The van der Waals surface area contributed by atoms with Crippen LogP contribution >= 0.6 is 15.9 Å². The van der Waals surface area contributed by atoms with Gasteiger partial charge in [-0.1, -0.05) is 42.6 Å². The standard InChI is InChI=1S/C12H24BrN/c1-3-4-5-8-14-9-6-12(7-10-14)11(2)13/h11-12H,3-10H2,1-2H3. The molecule has 1 aliphatic heterocycles. The minimum Gasteiger partial charge on any atom is -0.303 e. The van der Waals surface area contributed by atoms with Crippen molar-refractivity contribution in [2.24, 2.45) is 5.92 Å². The van der Waals surface area contributed by atoms with E-state index in [-0.39, 0.29) is 0 Å². The summed E-state index contributed by atoms with van der Waals surface area (Å²) >= 11 is 3.70. The molecule has 0 N–H and O–H groups in total. The largest absolute Gasteiger partial charge is 0.303 e. The predicted molar refractivity (Wildman–Crippen MR) is 67.1 cm³/mol. The lowest BCUT2D eigenvalue weighted by atomic mass is 9.94. The van der Waals surface area contributed by atoms with Crippen molar-refractivity contribution in [3.05, 3.63) is 0 Å². The van der Waals surface area contributed by atoms with Gasteiger partial charge in [0.15, 0.2) is 0 Å². The Morgan fingerprint density at radius 3 is 2.43 bits per heavy atom. The Bertz CT molecular complexity index is 139. The van der Waals surface area contributed by atoms with Crippen LogP contribution in [0.5, 0.6) is 0 Å². The Morgan fingerprint density at radius 1 is 1.29 bits per heavy atom. The van der Waals surface area contributed by atoms with E-state index in [2.05, 4.69) is 34.7 Å². The molecule has 1 rings (SSSR count). The molecule has 1 aliphatic rings. The minimum absolute atomic E-state index is 0.709. The van der Waals surface area contributed by atoms with Crippen LogP contribution in [-0.2, 0) is 0 Å². The molecule has 0 aromatic heterocycles. The van der Waals surface area contributed by atoms with Gasteiger partial charge in [-0.05, 0) is 44.8 Å². The zero-order valence-electron chi connectivity index (χ0n) is 9.64. The van der Waals surface area contributed by atoms with Gasteiger partial charge in [0, 0.05) is 4.83 Å². The molecule has 1 saturated heterocycles. The summed E-state index contributed by atoms with van der Waals surface area (Å²) in [7, 11) is 0. The van der Waals surface area contributed by atoms with Crippen molar-refractivity contribution in [3.8, 4) is 0 Å². The maximum Gasteiger partial charge on any atom is 0.0146 e. The molecule has 1 nitrogen and oxygen atoms in total. The maximum absolute atomic E-state index is 3.70. The van der Waals surface area contributed by atoms with Gasteiger partial charge in [-0.3, -0.25) is 0 Å². The Kier molecular flexibility index (Phi) is 6.11. The van der Waals surface area contributed by atoms with E-state index in [9.17, 15) is 0 Å². The third-order valence-corrected chi connectivity index (χ3v) is 4.11. The summed E-state index contributed by atoms with van der Waals surface area (Å²) in [6, 6.07) is 0. The second kappa shape index (κ2) is 6.84. The molecule has 1 unspecified atom stereocenters. The summed E-state index contributed by atoms with van der Waals surface area (Å²) in [5, 5.41) is 0. The van der Waals surface area contributed by atoms with Gasteiger partial charge in [-0.2, -0.15) is 0 Å². The van der Waals surface area contributed by atoms with Crippen LogP contribution in [0.2, 0.25) is 0 Å². The summed E-state index contributed by atoms with van der Waals surface area (Å²) in [5.74, 6) is 0.914. The van der Waals surface area contributed by atoms with E-state index in [0.29, 0.717) is 4.83 Å². The highest BCUT2D eigenvalue weighted by Crippen LogP contribution is 2.24. The molecule has 0 aliphatic carbocycles. The molecule has 1 atom stereocenters. The molecule has 14 heavy (non-hydrogen) atoms. The van der Waals surface area contributed by atoms with Crippen LogP contribution in [0.1, 0.15) is 46.0 Å². The number of hydrogen-bond acceptors (Lipinski definition) is 1. The van der Waals surface area contributed by atoms with Crippen molar-refractivity contribution in [1.82, 2.24) is 4.90 Å². The zero-order valence-corrected chi connectivity index (χ0v) is 11.2. The van der Waals surface area contributed by atoms with Gasteiger partial charge < -0.3 is 4.90 Å². The van der Waals surface area contributed by atoms with Crippen molar-refractivity contribution in [2.75, 3.05) is 19.6 Å². The fraction of sp³-hybridized carbons (Fsp3) is 1.00. The normalized spacial score (nSPS) is 22.5. The van der Waals surface area contributed by atoms with E-state index < -0.39 is 0 Å². The fourth-order valence-electron chi connectivity index (χ4n) is 2.22. The number of halogens is 1. The van der Waals surface area contributed by atoms with Crippen molar-refractivity contribution in [2.45, 2.75) is 50.8 Å². The second-order valence-electron chi connectivity index (χ2n) is 4.56. The van der Waals surface area contributed by atoms with Crippen LogP contribution < -0.4 is 0 Å². The van der Waals surface area contributed by atoms with E-state index in [0.717, 1.165) is 5.92 Å². The van der Waals surface area contributed by atoms with Gasteiger partial charge in [-0.15, -0.1) is 0 Å². The van der Waals surface area contributed by atoms with Crippen molar-refractivity contribution < 1.29 is 0 Å². The molecular formula is C12H24BrN. The van der Waals surface area contributed by atoms with Crippen LogP contribution in [0, 0.1) is 5.92 Å². The number of rotatable bonds is 5. The van der Waals surface area contributed by atoms with Gasteiger partial charge in [0.25, 0.3) is 0 Å². The molecule has 84 valence electrons. The predicted octanol–water partition coefficient (Wildman–Crippen LogP) is 3.67. The average Bonchev–Trinajstić information content (AvgIpc) is 2.19. The highest BCUT2D eigenvalue weighted by Gasteiger charge is 2.21. The molecule has 1 heterocycles. The Hall–Kier alpha value is 0.440. The second-order valence-corrected chi connectivity index (χ2v) is 6.01. The summed E-state index contributed by atoms with van der Waals surface area (Å²) in [6.45, 7) is 8.54. The van der Waals surface area contributed by atoms with Gasteiger partial charge in [0.1, 0.15) is 0 Å². The van der Waals surface area contributed by atoms with Crippen LogP contribution in [0.25, 0.3) is 0 Å². The monoisotopic (exact) mass is 261 g/mol. The molecule has 0 aromatic rings. The van der Waals surface area contributed by atoms with Gasteiger partial charge in [-0.25, -0.2) is 0 Å². The SMILES string of the molecule is CCCCCN1CCC(C(C)Br)CC1. The molecule has 1 fully saturated rings. The van der Waals surface area contributed by atoms with E-state index in [1.807, 2.05) is 0 Å². The summed E-state index contributed by atoms with van der Waals surface area (Å²) in [4.78, 5) is 3.35. The van der Waals surface area contributed by atoms with Crippen LogP contribution in [0.15, 0.2) is 0 Å². The first-order valence-electron chi connectivity index (χ1n) is 6.10. The van der Waals surface area contributed by atoms with Gasteiger partial charge in [0.05, 0.1) is 0 Å². The lowest BCUT2D eigenvalue weighted by Crippen LogP contribution is -2.36. The fourth-order valence-corrected chi connectivity index (χ4v) is 2.75. The first-order valence-corrected chi connectivity index (χ1v) is 7.02. The molecular weight excluding hydrogens is 238 g/mol. The maximum atomic E-state index is 3.70. The highest BCUT2D eigenvalue weighted by atomic mass is 79.9. The number of alkyl halides is 1. The molecule has 0 aromatic carbocycles. The van der Waals surface area contributed by atoms with Crippen LogP contribution in [0.4, 0.5) is 0 Å². The van der Waals surface area contributed by atoms with Crippen LogP contribution in [0.3, 0.4) is 0 Å². The number of hydrogen-bond donors (Lipinski definition) is 0. The lowest BCUT2D eigenvalue weighted by molar-refractivity contribution is 0.182. The third kappa shape index (κ3) is 4.31. The summed E-state index contributed by atoms with van der Waals surface area (Å²) in [5.41, 5.74) is 0. The van der Waals surface area contributed by atoms with E-state index >= 15 is 0 Å². The van der Waals surface area contributed by atoms with E-state index in [1.54, 1.807) is 0 Å². The quantitative estimate of drug-likeness (QED) is 0.539. The summed E-state index contributed by atoms with van der Waals surface area (Å²) < 4.78 is 0. The molecule has 0 saturated carbocycles. The number of likely N-dealkylation sites (tertiary alicyclic amines) is 1. The Morgan fingerprint density at radius 2 is 1.93 bits per heavy atom. The molecule has 0 bridgehead atoms. The molecule has 2 heteroatoms. The van der Waals surface area contributed by atoms with Gasteiger partial charge in [0.2, 0.25) is 0 Å². The minimum atomic E-state index is 0.709. The van der Waals surface area contributed by atoms with E-state index in [4.69, 9.17) is 0 Å². The smallest absolute Gasteiger partial charge is 0.0146 e. The first-order chi connectivity index (χ1) is 6.74. The molecule has 0 radical (unpaired) electrons. The molecule has 0 spiro atoms.